The van der Waals surface area contributed by atoms with Crippen LogP contribution in [-0.4, -0.2) is 6.61 Å². The fraction of sp³-hybridized carbons (Fsp3) is 0.273. The van der Waals surface area contributed by atoms with Gasteiger partial charge in [0.25, 0.3) is 0 Å². The van der Waals surface area contributed by atoms with Crippen molar-refractivity contribution in [1.82, 2.24) is 0 Å². The zero-order valence-corrected chi connectivity index (χ0v) is 8.83. The van der Waals surface area contributed by atoms with Crippen molar-refractivity contribution in [2.45, 2.75) is 12.3 Å². The van der Waals surface area contributed by atoms with Gasteiger partial charge in [-0.05, 0) is 30.2 Å². The van der Waals surface area contributed by atoms with Crippen LogP contribution in [0.5, 0.6) is 0 Å². The molecule has 0 saturated heterocycles. The summed E-state index contributed by atoms with van der Waals surface area (Å²) in [6.07, 6.45) is 4.99. The van der Waals surface area contributed by atoms with Crippen molar-refractivity contribution in [3.63, 3.8) is 0 Å². The molecule has 1 nitrogen and oxygen atoms in total. The minimum Gasteiger partial charge on any atom is -0.501 e. The quantitative estimate of drug-likeness (QED) is 0.729. The molecule has 1 aliphatic heterocycles. The van der Waals surface area contributed by atoms with Crippen molar-refractivity contribution in [3.05, 3.63) is 46.6 Å². The normalized spacial score (nSPS) is 21.2. The molecule has 1 aromatic rings. The monoisotopic (exact) mass is 238 g/mol. The van der Waals surface area contributed by atoms with Crippen LogP contribution in [0.3, 0.4) is 0 Å². The number of benzene rings is 1. The molecule has 1 heterocycles. The summed E-state index contributed by atoms with van der Waals surface area (Å²) in [6.45, 7) is 0.827. The van der Waals surface area contributed by atoms with Crippen LogP contribution in [0.15, 0.2) is 41.1 Å². The fourth-order valence-corrected chi connectivity index (χ4v) is 1.94. The van der Waals surface area contributed by atoms with Gasteiger partial charge in [-0.3, -0.25) is 0 Å². The molecular weight excluding hydrogens is 228 g/mol. The summed E-state index contributed by atoms with van der Waals surface area (Å²) in [7, 11) is 0. The fourth-order valence-electron chi connectivity index (χ4n) is 1.52. The lowest BCUT2D eigenvalue weighted by atomic mass is 9.95. The van der Waals surface area contributed by atoms with Crippen LogP contribution in [0, 0.1) is 0 Å². The topological polar surface area (TPSA) is 9.23 Å². The second kappa shape index (κ2) is 3.97. The van der Waals surface area contributed by atoms with Crippen molar-refractivity contribution in [2.24, 2.45) is 0 Å². The smallest absolute Gasteiger partial charge is 0.0882 e. The van der Waals surface area contributed by atoms with Gasteiger partial charge in [0.2, 0.25) is 0 Å². The summed E-state index contributed by atoms with van der Waals surface area (Å²) >= 11 is 3.47. The Kier molecular flexibility index (Phi) is 2.69. The average molecular weight is 239 g/mol. The Morgan fingerprint density at radius 2 is 2.31 bits per heavy atom. The maximum atomic E-state index is 5.16. The number of halogens is 1. The molecule has 2 heteroatoms. The van der Waals surface area contributed by atoms with E-state index in [0.29, 0.717) is 5.92 Å². The van der Waals surface area contributed by atoms with E-state index in [9.17, 15) is 0 Å². The van der Waals surface area contributed by atoms with Gasteiger partial charge in [-0.1, -0.05) is 28.1 Å². The lowest BCUT2D eigenvalue weighted by molar-refractivity contribution is 0.223. The molecule has 0 N–H and O–H groups in total. The lowest BCUT2D eigenvalue weighted by Gasteiger charge is -2.17. The van der Waals surface area contributed by atoms with E-state index in [1.807, 2.05) is 6.07 Å². The number of hydrogen-bond acceptors (Lipinski definition) is 1. The minimum atomic E-state index is 0.520. The number of allylic oxidation sites excluding steroid dienone is 1. The summed E-state index contributed by atoms with van der Waals surface area (Å²) in [6, 6.07) is 8.45. The molecule has 1 atom stereocenters. The molecule has 0 spiro atoms. The Morgan fingerprint density at radius 3 is 3.00 bits per heavy atom. The van der Waals surface area contributed by atoms with Crippen LogP contribution in [0.25, 0.3) is 0 Å². The second-order valence-corrected chi connectivity index (χ2v) is 4.07. The molecular formula is C11H11BrO. The highest BCUT2D eigenvalue weighted by atomic mass is 79.9. The Balaban J connectivity index is 2.24. The van der Waals surface area contributed by atoms with Gasteiger partial charge in [0, 0.05) is 10.4 Å². The van der Waals surface area contributed by atoms with E-state index in [4.69, 9.17) is 4.74 Å². The number of hydrogen-bond donors (Lipinski definition) is 0. The average Bonchev–Trinajstić information content (AvgIpc) is 2.19. The molecule has 2 rings (SSSR count). The first-order chi connectivity index (χ1) is 6.36. The van der Waals surface area contributed by atoms with Gasteiger partial charge in [0.1, 0.15) is 0 Å². The predicted octanol–water partition coefficient (Wildman–Crippen LogP) is 3.47. The van der Waals surface area contributed by atoms with Gasteiger partial charge < -0.3 is 4.74 Å². The van der Waals surface area contributed by atoms with Crippen LogP contribution < -0.4 is 0 Å². The third-order valence-electron chi connectivity index (χ3n) is 2.23. The van der Waals surface area contributed by atoms with Crippen molar-refractivity contribution in [2.75, 3.05) is 6.61 Å². The molecule has 1 aliphatic rings. The summed E-state index contributed by atoms with van der Waals surface area (Å²) in [4.78, 5) is 0. The van der Waals surface area contributed by atoms with E-state index >= 15 is 0 Å². The maximum Gasteiger partial charge on any atom is 0.0882 e. The standard InChI is InChI=1S/C11H11BrO/c12-11-3-1-2-10(8-11)9-4-6-13-7-5-9/h1-4,6,8-9H,5,7H2. The van der Waals surface area contributed by atoms with E-state index in [0.717, 1.165) is 17.5 Å². The first-order valence-electron chi connectivity index (χ1n) is 4.40. The summed E-state index contributed by atoms with van der Waals surface area (Å²) in [5, 5.41) is 0. The van der Waals surface area contributed by atoms with Gasteiger partial charge in [-0.2, -0.15) is 0 Å². The van der Waals surface area contributed by atoms with E-state index in [1.165, 1.54) is 5.56 Å². The Bertz CT molecular complexity index is 320. The van der Waals surface area contributed by atoms with Crippen molar-refractivity contribution in [3.8, 4) is 0 Å². The summed E-state index contributed by atoms with van der Waals surface area (Å²) < 4.78 is 6.30. The highest BCUT2D eigenvalue weighted by molar-refractivity contribution is 9.10. The van der Waals surface area contributed by atoms with E-state index in [-0.39, 0.29) is 0 Å². The molecule has 0 aromatic heterocycles. The van der Waals surface area contributed by atoms with Crippen LogP contribution in [0.4, 0.5) is 0 Å². The SMILES string of the molecule is Brc1cccc(C2C=COCC2)c1. The van der Waals surface area contributed by atoms with Gasteiger partial charge in [-0.15, -0.1) is 0 Å². The number of rotatable bonds is 1. The van der Waals surface area contributed by atoms with Crippen molar-refractivity contribution in [1.29, 1.82) is 0 Å². The first kappa shape index (κ1) is 8.82. The Hall–Kier alpha value is -0.760. The van der Waals surface area contributed by atoms with Gasteiger partial charge in [0.15, 0.2) is 0 Å². The molecule has 0 fully saturated rings. The Morgan fingerprint density at radius 1 is 1.38 bits per heavy atom. The molecule has 0 amide bonds. The molecule has 68 valence electrons. The van der Waals surface area contributed by atoms with Crippen LogP contribution in [-0.2, 0) is 4.74 Å². The van der Waals surface area contributed by atoms with Crippen LogP contribution in [0.2, 0.25) is 0 Å². The summed E-state index contributed by atoms with van der Waals surface area (Å²) in [5.41, 5.74) is 1.36. The van der Waals surface area contributed by atoms with Crippen LogP contribution >= 0.6 is 15.9 Å². The van der Waals surface area contributed by atoms with Gasteiger partial charge in [0.05, 0.1) is 12.9 Å². The largest absolute Gasteiger partial charge is 0.501 e. The number of ether oxygens (including phenoxy) is 1. The summed E-state index contributed by atoms with van der Waals surface area (Å²) in [5.74, 6) is 0.520. The maximum absolute atomic E-state index is 5.16. The predicted molar refractivity (Wildman–Crippen MR) is 56.6 cm³/mol. The highest BCUT2D eigenvalue weighted by Crippen LogP contribution is 2.26. The molecule has 0 radical (unpaired) electrons. The molecule has 1 unspecified atom stereocenters. The van der Waals surface area contributed by atoms with E-state index in [1.54, 1.807) is 6.26 Å². The Labute approximate surface area is 86.5 Å². The van der Waals surface area contributed by atoms with Crippen molar-refractivity contribution < 1.29 is 4.74 Å². The molecule has 13 heavy (non-hydrogen) atoms. The molecule has 0 aliphatic carbocycles. The zero-order valence-electron chi connectivity index (χ0n) is 7.24. The van der Waals surface area contributed by atoms with E-state index < -0.39 is 0 Å². The van der Waals surface area contributed by atoms with E-state index in [2.05, 4.69) is 40.2 Å². The van der Waals surface area contributed by atoms with Crippen LogP contribution in [0.1, 0.15) is 17.9 Å². The molecule has 0 bridgehead atoms. The van der Waals surface area contributed by atoms with Crippen molar-refractivity contribution >= 4 is 15.9 Å². The third-order valence-corrected chi connectivity index (χ3v) is 2.72. The first-order valence-corrected chi connectivity index (χ1v) is 5.19. The van der Waals surface area contributed by atoms with Gasteiger partial charge in [-0.25, -0.2) is 0 Å². The van der Waals surface area contributed by atoms with Gasteiger partial charge >= 0.3 is 0 Å². The minimum absolute atomic E-state index is 0.520. The highest BCUT2D eigenvalue weighted by Gasteiger charge is 2.11. The molecule has 1 aromatic carbocycles. The molecule has 0 saturated carbocycles. The zero-order chi connectivity index (χ0) is 9.10. The third kappa shape index (κ3) is 2.13. The lowest BCUT2D eigenvalue weighted by Crippen LogP contribution is -2.04. The second-order valence-electron chi connectivity index (χ2n) is 3.15.